The quantitative estimate of drug-likeness (QED) is 0.156. The first kappa shape index (κ1) is 31.3. The Hall–Kier alpha value is -5.93. The van der Waals surface area contributed by atoms with Crippen molar-refractivity contribution in [2.45, 2.75) is 39.5 Å². The molecule has 6 aromatic carbocycles. The zero-order valence-corrected chi connectivity index (χ0v) is 28.6. The third-order valence-corrected chi connectivity index (χ3v) is 9.80. The number of hydrogen-bond acceptors (Lipinski definition) is 3. The predicted molar refractivity (Wildman–Crippen MR) is 210 cm³/mol. The Balaban J connectivity index is 1.14. The van der Waals surface area contributed by atoms with E-state index in [9.17, 15) is 0 Å². The smallest absolute Gasteiger partial charge is 0.227 e. The highest BCUT2D eigenvalue weighted by atomic mass is 16.3. The van der Waals surface area contributed by atoms with E-state index < -0.39 is 0 Å². The summed E-state index contributed by atoms with van der Waals surface area (Å²) in [5.41, 5.74) is 16.3. The molecule has 7 aromatic rings. The van der Waals surface area contributed by atoms with Crippen LogP contribution in [0.5, 0.6) is 0 Å². The van der Waals surface area contributed by atoms with Gasteiger partial charge in [0, 0.05) is 22.6 Å². The molecule has 0 aliphatic heterocycles. The van der Waals surface area contributed by atoms with Crippen molar-refractivity contribution in [1.29, 1.82) is 0 Å². The van der Waals surface area contributed by atoms with E-state index in [1.807, 2.05) is 24.3 Å². The van der Waals surface area contributed by atoms with Crippen LogP contribution in [-0.4, -0.2) is 4.98 Å². The molecule has 50 heavy (non-hydrogen) atoms. The van der Waals surface area contributed by atoms with Gasteiger partial charge < -0.3 is 9.32 Å². The molecule has 1 heterocycles. The van der Waals surface area contributed by atoms with Crippen LogP contribution >= 0.6 is 0 Å². The van der Waals surface area contributed by atoms with E-state index in [1.165, 1.54) is 44.5 Å². The van der Waals surface area contributed by atoms with Gasteiger partial charge in [-0.05, 0) is 131 Å². The van der Waals surface area contributed by atoms with Crippen molar-refractivity contribution in [1.82, 2.24) is 4.98 Å². The van der Waals surface area contributed by atoms with Crippen LogP contribution in [0.25, 0.3) is 44.8 Å². The van der Waals surface area contributed by atoms with Gasteiger partial charge in [-0.3, -0.25) is 0 Å². The fourth-order valence-electron chi connectivity index (χ4n) is 6.99. The first-order chi connectivity index (χ1) is 24.7. The number of rotatable bonds is 9. The fourth-order valence-corrected chi connectivity index (χ4v) is 6.99. The summed E-state index contributed by atoms with van der Waals surface area (Å²) in [4.78, 5) is 7.06. The van der Waals surface area contributed by atoms with Crippen molar-refractivity contribution in [2.75, 3.05) is 4.90 Å². The number of allylic oxidation sites excluding steroid dienone is 4. The minimum Gasteiger partial charge on any atom is -0.436 e. The van der Waals surface area contributed by atoms with Crippen LogP contribution in [0.3, 0.4) is 0 Å². The molecule has 0 atom stereocenters. The lowest BCUT2D eigenvalue weighted by Crippen LogP contribution is -2.10. The highest BCUT2D eigenvalue weighted by molar-refractivity contribution is 6.00. The van der Waals surface area contributed by atoms with E-state index in [4.69, 9.17) is 9.40 Å². The molecule has 244 valence electrons. The van der Waals surface area contributed by atoms with E-state index in [0.717, 1.165) is 59.4 Å². The van der Waals surface area contributed by atoms with E-state index in [1.54, 1.807) is 0 Å². The lowest BCUT2D eigenvalue weighted by molar-refractivity contribution is 0.620. The van der Waals surface area contributed by atoms with Gasteiger partial charge in [0.2, 0.25) is 5.89 Å². The van der Waals surface area contributed by atoms with Gasteiger partial charge in [0.15, 0.2) is 5.58 Å². The van der Waals surface area contributed by atoms with Crippen molar-refractivity contribution in [3.05, 3.63) is 180 Å². The Morgan fingerprint density at radius 3 is 1.72 bits per heavy atom. The Bertz CT molecular complexity index is 2230. The normalized spacial score (nSPS) is 12.8. The minimum absolute atomic E-state index is 0.652. The number of nitrogens with zero attached hydrogens (tertiary/aromatic N) is 2. The van der Waals surface area contributed by atoms with Crippen LogP contribution in [0.15, 0.2) is 162 Å². The number of para-hydroxylation sites is 2. The topological polar surface area (TPSA) is 29.3 Å². The number of aryl methyl sites for hydroxylation is 2. The molecular weight excluding hydrogens is 609 g/mol. The molecule has 0 spiro atoms. The highest BCUT2D eigenvalue weighted by Gasteiger charge is 2.18. The van der Waals surface area contributed by atoms with Crippen LogP contribution in [0.1, 0.15) is 48.9 Å². The van der Waals surface area contributed by atoms with Crippen molar-refractivity contribution < 1.29 is 4.42 Å². The summed E-state index contributed by atoms with van der Waals surface area (Å²) < 4.78 is 6.05. The van der Waals surface area contributed by atoms with Crippen molar-refractivity contribution in [2.24, 2.45) is 0 Å². The molecule has 0 bridgehead atoms. The first-order valence-corrected chi connectivity index (χ1v) is 17.7. The number of hydrogen-bond donors (Lipinski definition) is 0. The van der Waals surface area contributed by atoms with Crippen molar-refractivity contribution >= 4 is 39.3 Å². The minimum atomic E-state index is 0.652. The molecule has 0 N–H and O–H groups in total. The van der Waals surface area contributed by atoms with Crippen LogP contribution in [0, 0.1) is 0 Å². The van der Waals surface area contributed by atoms with Gasteiger partial charge >= 0.3 is 0 Å². The lowest BCUT2D eigenvalue weighted by Gasteiger charge is -2.26. The maximum Gasteiger partial charge on any atom is 0.227 e. The molecule has 0 radical (unpaired) electrons. The predicted octanol–water partition coefficient (Wildman–Crippen LogP) is 13.0. The molecular formula is C47H40N2O. The fraction of sp³-hybridized carbons (Fsp3) is 0.128. The Kier molecular flexibility index (Phi) is 8.71. The zero-order valence-electron chi connectivity index (χ0n) is 28.6. The number of anilines is 3. The van der Waals surface area contributed by atoms with Gasteiger partial charge in [-0.1, -0.05) is 111 Å². The molecule has 0 unspecified atom stereocenters. The molecule has 0 saturated carbocycles. The molecule has 3 heteroatoms. The standard InChI is InChI=1S/C47H40N2O/c1-3-33-17-27-38(28-18-33)49(39-29-19-34(4-2)20-30-39)40-31-25-36(26-32-40)42-12-6-8-14-44(42)43-13-7-5-11-41(43)35-21-23-37(24-22-35)47-48-45-15-9-10-16-46(45)50-47/h6-10,12-32H,3-5,11H2,1-2H3. The number of aromatic nitrogens is 1. The molecule has 0 amide bonds. The molecule has 1 aromatic heterocycles. The summed E-state index contributed by atoms with van der Waals surface area (Å²) in [5, 5.41) is 0. The van der Waals surface area contributed by atoms with Gasteiger partial charge in [-0.25, -0.2) is 4.98 Å². The van der Waals surface area contributed by atoms with Gasteiger partial charge in [-0.15, -0.1) is 0 Å². The van der Waals surface area contributed by atoms with Crippen LogP contribution < -0.4 is 4.90 Å². The SMILES string of the molecule is CCc1ccc(N(c2ccc(CC)cc2)c2ccc(-c3ccccc3C3=C(c4ccc(-c5nc6ccccc6o5)cc4)CCC=C3)cc2)cc1. The summed E-state index contributed by atoms with van der Waals surface area (Å²) >= 11 is 0. The molecule has 1 aliphatic rings. The van der Waals surface area contributed by atoms with Gasteiger partial charge in [-0.2, -0.15) is 0 Å². The summed E-state index contributed by atoms with van der Waals surface area (Å²) in [6.07, 6.45) is 8.68. The third kappa shape index (κ3) is 6.19. The largest absolute Gasteiger partial charge is 0.436 e. The molecule has 0 fully saturated rings. The average molecular weight is 649 g/mol. The molecule has 1 aliphatic carbocycles. The first-order valence-electron chi connectivity index (χ1n) is 17.7. The summed E-state index contributed by atoms with van der Waals surface area (Å²) in [5.74, 6) is 0.652. The van der Waals surface area contributed by atoms with Crippen molar-refractivity contribution in [3.63, 3.8) is 0 Å². The van der Waals surface area contributed by atoms with Crippen molar-refractivity contribution in [3.8, 4) is 22.6 Å². The second-order valence-electron chi connectivity index (χ2n) is 12.9. The molecule has 8 rings (SSSR count). The second-order valence-corrected chi connectivity index (χ2v) is 12.9. The number of oxazole rings is 1. The maximum atomic E-state index is 6.05. The van der Waals surface area contributed by atoms with Gasteiger partial charge in [0.25, 0.3) is 0 Å². The highest BCUT2D eigenvalue weighted by Crippen LogP contribution is 2.41. The van der Waals surface area contributed by atoms with Crippen LogP contribution in [0.4, 0.5) is 17.1 Å². The Labute approximate surface area is 294 Å². The Morgan fingerprint density at radius 1 is 0.560 bits per heavy atom. The number of benzene rings is 6. The van der Waals surface area contributed by atoms with Crippen LogP contribution in [-0.2, 0) is 12.8 Å². The summed E-state index contributed by atoms with van der Waals surface area (Å²) in [6, 6.07) is 52.3. The van der Waals surface area contributed by atoms with E-state index in [-0.39, 0.29) is 0 Å². The third-order valence-electron chi connectivity index (χ3n) is 9.80. The molecule has 3 nitrogen and oxygen atoms in total. The monoisotopic (exact) mass is 648 g/mol. The summed E-state index contributed by atoms with van der Waals surface area (Å²) in [6.45, 7) is 4.40. The zero-order chi connectivity index (χ0) is 33.9. The van der Waals surface area contributed by atoms with Gasteiger partial charge in [0.1, 0.15) is 5.52 Å². The Morgan fingerprint density at radius 2 is 1.10 bits per heavy atom. The average Bonchev–Trinajstić information content (AvgIpc) is 3.64. The van der Waals surface area contributed by atoms with E-state index in [0.29, 0.717) is 5.89 Å². The van der Waals surface area contributed by atoms with E-state index >= 15 is 0 Å². The number of fused-ring (bicyclic) bond motifs is 1. The maximum absolute atomic E-state index is 6.05. The van der Waals surface area contributed by atoms with Crippen LogP contribution in [0.2, 0.25) is 0 Å². The van der Waals surface area contributed by atoms with Gasteiger partial charge in [0.05, 0.1) is 0 Å². The summed E-state index contributed by atoms with van der Waals surface area (Å²) in [7, 11) is 0. The van der Waals surface area contributed by atoms with E-state index in [2.05, 4.69) is 152 Å². The molecule has 0 saturated heterocycles. The second kappa shape index (κ2) is 13.9. The lowest BCUT2D eigenvalue weighted by atomic mass is 9.84.